The molecule has 0 aliphatic carbocycles. The number of halogens is 1. The van der Waals surface area contributed by atoms with E-state index < -0.39 is 0 Å². The molecule has 8 heteroatoms. The van der Waals surface area contributed by atoms with E-state index in [9.17, 15) is 0 Å². The van der Waals surface area contributed by atoms with Gasteiger partial charge in [0.05, 0.1) is 28.6 Å². The molecule has 0 saturated carbocycles. The summed E-state index contributed by atoms with van der Waals surface area (Å²) in [4.78, 5) is 0. The fourth-order valence-corrected chi connectivity index (χ4v) is 2.39. The molecule has 0 amide bonds. The quantitative estimate of drug-likeness (QED) is 0.499. The van der Waals surface area contributed by atoms with Crippen molar-refractivity contribution in [3.05, 3.63) is 28.1 Å². The number of hydrazine groups is 1. The van der Waals surface area contributed by atoms with Gasteiger partial charge in [-0.25, -0.2) is 5.43 Å². The third-order valence-corrected chi connectivity index (χ3v) is 3.34. The average molecular weight is 314 g/mol. The molecule has 2 heterocycles. The number of H-pyrrole nitrogens is 1. The summed E-state index contributed by atoms with van der Waals surface area (Å²) in [7, 11) is 0. The van der Waals surface area contributed by atoms with E-state index in [-0.39, 0.29) is 12.1 Å². The van der Waals surface area contributed by atoms with Crippen LogP contribution in [0.2, 0.25) is 0 Å². The van der Waals surface area contributed by atoms with Gasteiger partial charge in [0.2, 0.25) is 0 Å². The molecule has 0 fully saturated rings. The van der Waals surface area contributed by atoms with Gasteiger partial charge in [-0.1, -0.05) is 0 Å². The van der Waals surface area contributed by atoms with E-state index in [1.807, 2.05) is 4.68 Å². The maximum absolute atomic E-state index is 5.84. The summed E-state index contributed by atoms with van der Waals surface area (Å²) in [6.45, 7) is 4.10. The van der Waals surface area contributed by atoms with Crippen molar-refractivity contribution in [2.24, 2.45) is 5.84 Å². The standard InChI is InChI=1S/C10H16BrN7/c1-5(2)18-9(7(11)4-15-18)8(16-13)6-3-14-17-10(6)12/h3-5,8,16H,13H2,1-2H3,(H3,12,14,17). The number of nitrogen functional groups attached to an aromatic ring is 1. The number of nitrogens with two attached hydrogens (primary N) is 2. The van der Waals surface area contributed by atoms with Crippen molar-refractivity contribution < 1.29 is 0 Å². The molecule has 0 aliphatic rings. The van der Waals surface area contributed by atoms with Crippen molar-refractivity contribution >= 4 is 21.7 Å². The van der Waals surface area contributed by atoms with Crippen LogP contribution in [0.5, 0.6) is 0 Å². The van der Waals surface area contributed by atoms with Crippen LogP contribution in [0.1, 0.15) is 37.2 Å². The zero-order valence-electron chi connectivity index (χ0n) is 10.2. The Morgan fingerprint density at radius 1 is 1.44 bits per heavy atom. The van der Waals surface area contributed by atoms with Crippen LogP contribution in [-0.2, 0) is 0 Å². The van der Waals surface area contributed by atoms with Gasteiger partial charge in [-0.2, -0.15) is 10.2 Å². The maximum Gasteiger partial charge on any atom is 0.124 e. The lowest BCUT2D eigenvalue weighted by Crippen LogP contribution is -2.31. The van der Waals surface area contributed by atoms with Gasteiger partial charge in [-0.15, -0.1) is 0 Å². The van der Waals surface area contributed by atoms with Crippen LogP contribution in [-0.4, -0.2) is 20.0 Å². The lowest BCUT2D eigenvalue weighted by Gasteiger charge is -2.19. The molecule has 1 atom stereocenters. The molecular formula is C10H16BrN7. The Labute approximate surface area is 113 Å². The van der Waals surface area contributed by atoms with Crippen molar-refractivity contribution in [3.63, 3.8) is 0 Å². The minimum atomic E-state index is -0.275. The van der Waals surface area contributed by atoms with Crippen LogP contribution >= 0.6 is 15.9 Å². The second kappa shape index (κ2) is 5.09. The number of aromatic nitrogens is 4. The first-order valence-corrected chi connectivity index (χ1v) is 6.33. The fourth-order valence-electron chi connectivity index (χ4n) is 1.88. The van der Waals surface area contributed by atoms with Gasteiger partial charge in [-0.3, -0.25) is 15.6 Å². The summed E-state index contributed by atoms with van der Waals surface area (Å²) < 4.78 is 2.76. The van der Waals surface area contributed by atoms with Crippen LogP contribution in [0.4, 0.5) is 5.82 Å². The number of rotatable bonds is 4. The SMILES string of the molecule is CC(C)n1ncc(Br)c1C(NN)c1cn[nH]c1N. The molecule has 98 valence electrons. The van der Waals surface area contributed by atoms with Gasteiger partial charge in [0.25, 0.3) is 0 Å². The average Bonchev–Trinajstić information content (AvgIpc) is 2.89. The first-order chi connectivity index (χ1) is 8.56. The normalized spacial score (nSPS) is 13.2. The Balaban J connectivity index is 2.52. The van der Waals surface area contributed by atoms with Crippen molar-refractivity contribution in [2.45, 2.75) is 25.9 Å². The summed E-state index contributed by atoms with van der Waals surface area (Å²) in [6, 6.07) is -0.0571. The lowest BCUT2D eigenvalue weighted by molar-refractivity contribution is 0.476. The molecular weight excluding hydrogens is 298 g/mol. The van der Waals surface area contributed by atoms with E-state index in [2.05, 4.69) is 50.5 Å². The monoisotopic (exact) mass is 313 g/mol. The van der Waals surface area contributed by atoms with Gasteiger partial charge in [-0.05, 0) is 29.8 Å². The minimum Gasteiger partial charge on any atom is -0.384 e. The smallest absolute Gasteiger partial charge is 0.124 e. The van der Waals surface area contributed by atoms with Gasteiger partial charge < -0.3 is 5.73 Å². The van der Waals surface area contributed by atoms with E-state index in [4.69, 9.17) is 11.6 Å². The number of nitrogens with one attached hydrogen (secondary N) is 2. The molecule has 1 unspecified atom stereocenters. The van der Waals surface area contributed by atoms with Crippen LogP contribution in [0.3, 0.4) is 0 Å². The fraction of sp³-hybridized carbons (Fsp3) is 0.400. The van der Waals surface area contributed by atoms with Crippen LogP contribution < -0.4 is 17.0 Å². The largest absolute Gasteiger partial charge is 0.384 e. The minimum absolute atomic E-state index is 0.218. The summed E-state index contributed by atoms with van der Waals surface area (Å²) in [5.41, 5.74) is 10.3. The molecule has 6 N–H and O–H groups in total. The van der Waals surface area contributed by atoms with Gasteiger partial charge in [0.15, 0.2) is 0 Å². The highest BCUT2D eigenvalue weighted by Crippen LogP contribution is 2.31. The maximum atomic E-state index is 5.84. The van der Waals surface area contributed by atoms with Crippen molar-refractivity contribution in [1.82, 2.24) is 25.4 Å². The molecule has 0 bridgehead atoms. The highest BCUT2D eigenvalue weighted by Gasteiger charge is 2.24. The molecule has 18 heavy (non-hydrogen) atoms. The van der Waals surface area contributed by atoms with Gasteiger partial charge in [0, 0.05) is 11.6 Å². The van der Waals surface area contributed by atoms with Crippen molar-refractivity contribution in [2.75, 3.05) is 5.73 Å². The predicted molar refractivity (Wildman–Crippen MR) is 72.5 cm³/mol. The number of anilines is 1. The highest BCUT2D eigenvalue weighted by atomic mass is 79.9. The summed E-state index contributed by atoms with van der Waals surface area (Å²) in [5.74, 6) is 6.14. The van der Waals surface area contributed by atoms with Gasteiger partial charge >= 0.3 is 0 Å². The Morgan fingerprint density at radius 2 is 2.17 bits per heavy atom. The van der Waals surface area contributed by atoms with E-state index in [1.54, 1.807) is 12.4 Å². The highest BCUT2D eigenvalue weighted by molar-refractivity contribution is 9.10. The number of hydrogen-bond donors (Lipinski definition) is 4. The first kappa shape index (κ1) is 13.1. The Kier molecular flexibility index (Phi) is 3.69. The third kappa shape index (κ3) is 2.14. The third-order valence-electron chi connectivity index (χ3n) is 2.73. The topological polar surface area (TPSA) is 111 Å². The first-order valence-electron chi connectivity index (χ1n) is 5.54. The molecule has 2 aromatic heterocycles. The zero-order valence-corrected chi connectivity index (χ0v) is 11.8. The molecule has 0 spiro atoms. The molecule has 2 rings (SSSR count). The van der Waals surface area contributed by atoms with Gasteiger partial charge in [0.1, 0.15) is 5.82 Å². The number of nitrogens with zero attached hydrogens (tertiary/aromatic N) is 3. The van der Waals surface area contributed by atoms with E-state index in [1.165, 1.54) is 0 Å². The van der Waals surface area contributed by atoms with E-state index in [0.29, 0.717) is 5.82 Å². The Morgan fingerprint density at radius 3 is 2.67 bits per heavy atom. The Hall–Kier alpha value is -1.38. The van der Waals surface area contributed by atoms with Crippen molar-refractivity contribution in [1.29, 1.82) is 0 Å². The second-order valence-electron chi connectivity index (χ2n) is 4.25. The summed E-state index contributed by atoms with van der Waals surface area (Å²) in [6.07, 6.45) is 3.40. The second-order valence-corrected chi connectivity index (χ2v) is 5.11. The molecule has 0 radical (unpaired) electrons. The molecule has 2 aromatic rings. The summed E-state index contributed by atoms with van der Waals surface area (Å²) in [5, 5.41) is 10.9. The van der Waals surface area contributed by atoms with E-state index >= 15 is 0 Å². The zero-order chi connectivity index (χ0) is 13.3. The van der Waals surface area contributed by atoms with E-state index in [0.717, 1.165) is 15.7 Å². The van der Waals surface area contributed by atoms with Crippen LogP contribution in [0, 0.1) is 0 Å². The molecule has 7 nitrogen and oxygen atoms in total. The molecule has 0 aromatic carbocycles. The number of hydrogen-bond acceptors (Lipinski definition) is 5. The lowest BCUT2D eigenvalue weighted by atomic mass is 10.1. The summed E-state index contributed by atoms with van der Waals surface area (Å²) >= 11 is 3.49. The van der Waals surface area contributed by atoms with Crippen molar-refractivity contribution in [3.8, 4) is 0 Å². The van der Waals surface area contributed by atoms with Crippen LogP contribution in [0.15, 0.2) is 16.9 Å². The predicted octanol–water partition coefficient (Wildman–Crippen LogP) is 1.08. The Bertz CT molecular complexity index is 530. The molecule has 0 saturated heterocycles. The number of aromatic amines is 1. The van der Waals surface area contributed by atoms with Crippen LogP contribution in [0.25, 0.3) is 0 Å². The molecule has 0 aliphatic heterocycles.